The van der Waals surface area contributed by atoms with E-state index in [9.17, 15) is 9.59 Å². The Labute approximate surface area is 262 Å². The number of halogens is 1. The van der Waals surface area contributed by atoms with Crippen LogP contribution in [0.5, 0.6) is 5.75 Å². The van der Waals surface area contributed by atoms with Crippen molar-refractivity contribution in [2.45, 2.75) is 54.2 Å². The van der Waals surface area contributed by atoms with E-state index in [1.54, 1.807) is 7.11 Å². The van der Waals surface area contributed by atoms with Crippen LogP contribution < -0.4 is 9.64 Å². The summed E-state index contributed by atoms with van der Waals surface area (Å²) in [5.74, 6) is 0.924. The minimum atomic E-state index is -0.377. The van der Waals surface area contributed by atoms with E-state index in [-0.39, 0.29) is 22.4 Å². The van der Waals surface area contributed by atoms with E-state index in [4.69, 9.17) is 16.3 Å². The maximum Gasteiger partial charge on any atom is 0.253 e. The van der Waals surface area contributed by atoms with Crippen molar-refractivity contribution < 1.29 is 14.3 Å². The summed E-state index contributed by atoms with van der Waals surface area (Å²) in [7, 11) is 1.64. The van der Waals surface area contributed by atoms with Crippen LogP contribution in [0, 0.1) is 5.41 Å². The monoisotopic (exact) mass is 616 g/mol. The van der Waals surface area contributed by atoms with Crippen LogP contribution in [0.3, 0.4) is 0 Å². The van der Waals surface area contributed by atoms with Crippen molar-refractivity contribution in [1.29, 1.82) is 0 Å². The number of benzene rings is 2. The molecular weight excluding hydrogens is 580 g/mol. The number of amides is 2. The molecular formula is C34H37ClN4O3S. The molecule has 2 fully saturated rings. The molecule has 2 saturated heterocycles. The number of carbonyl (C=O) groups excluding carboxylic acids is 2. The second-order valence-electron chi connectivity index (χ2n) is 12.3. The standard InChI is InChI=1S/C34H37ClN4O3S/c1-42-27-4-5-28-29(21-27)43-31(30(28)35)33(41)39-15-8-23-2-3-24(20-25(23)22-39)32(40)38-18-11-34(12-19-38)9-16-37(17-10-34)26-6-13-36-14-7-26/h2-7,13-14,20-21,30-31H,8-12,15-19,22H2,1H3. The van der Waals surface area contributed by atoms with Crippen LogP contribution in [0.4, 0.5) is 5.69 Å². The van der Waals surface area contributed by atoms with Crippen LogP contribution in [-0.2, 0) is 17.8 Å². The molecule has 9 heteroatoms. The van der Waals surface area contributed by atoms with Gasteiger partial charge in [0.25, 0.3) is 5.91 Å². The molecule has 0 aliphatic carbocycles. The molecule has 0 bridgehead atoms. The summed E-state index contributed by atoms with van der Waals surface area (Å²) in [6, 6.07) is 16.1. The third-order valence-electron chi connectivity index (χ3n) is 10.0. The molecule has 2 aromatic carbocycles. The number of hydrogen-bond acceptors (Lipinski definition) is 6. The lowest BCUT2D eigenvalue weighted by Crippen LogP contribution is -2.48. The van der Waals surface area contributed by atoms with E-state index in [2.05, 4.69) is 28.1 Å². The zero-order valence-corrected chi connectivity index (χ0v) is 26.1. The van der Waals surface area contributed by atoms with Crippen LogP contribution in [-0.4, -0.2) is 71.7 Å². The highest BCUT2D eigenvalue weighted by atomic mass is 35.5. The Morgan fingerprint density at radius 3 is 2.40 bits per heavy atom. The van der Waals surface area contributed by atoms with Crippen LogP contribution in [0.1, 0.15) is 58.1 Å². The Kier molecular flexibility index (Phi) is 7.76. The quantitative estimate of drug-likeness (QED) is 0.338. The molecule has 3 aromatic rings. The number of pyridine rings is 1. The number of rotatable bonds is 4. The molecule has 224 valence electrons. The number of carbonyl (C=O) groups is 2. The topological polar surface area (TPSA) is 66.0 Å². The van der Waals surface area contributed by atoms with Gasteiger partial charge in [0.1, 0.15) is 11.0 Å². The summed E-state index contributed by atoms with van der Waals surface area (Å²) in [5.41, 5.74) is 5.57. The van der Waals surface area contributed by atoms with Crippen molar-refractivity contribution in [3.05, 3.63) is 83.2 Å². The Balaban J connectivity index is 0.971. The lowest BCUT2D eigenvalue weighted by Gasteiger charge is -2.47. The first-order chi connectivity index (χ1) is 20.9. The van der Waals surface area contributed by atoms with Crippen LogP contribution in [0.2, 0.25) is 0 Å². The Bertz CT molecular complexity index is 1520. The molecule has 0 saturated carbocycles. The number of likely N-dealkylation sites (tertiary alicyclic amines) is 1. The molecule has 0 radical (unpaired) electrons. The Hall–Kier alpha value is -3.23. The third kappa shape index (κ3) is 5.48. The largest absolute Gasteiger partial charge is 0.497 e. The molecule has 7 nitrogen and oxygen atoms in total. The highest BCUT2D eigenvalue weighted by Crippen LogP contribution is 2.49. The van der Waals surface area contributed by atoms with Crippen LogP contribution in [0.25, 0.3) is 0 Å². The van der Waals surface area contributed by atoms with Crippen molar-refractivity contribution in [3.8, 4) is 5.75 Å². The number of aromatic nitrogens is 1. The number of anilines is 1. The molecule has 1 spiro atoms. The van der Waals surface area contributed by atoms with E-state index in [1.165, 1.54) is 35.9 Å². The smallest absolute Gasteiger partial charge is 0.253 e. The molecule has 0 N–H and O–H groups in total. The third-order valence-corrected chi connectivity index (χ3v) is 12.0. The summed E-state index contributed by atoms with van der Waals surface area (Å²) in [4.78, 5) is 38.9. The number of piperidine rings is 2. The number of fused-ring (bicyclic) bond motifs is 2. The molecule has 43 heavy (non-hydrogen) atoms. The highest BCUT2D eigenvalue weighted by molar-refractivity contribution is 8.01. The summed E-state index contributed by atoms with van der Waals surface area (Å²) in [6.45, 7) is 4.89. The van der Waals surface area contributed by atoms with Crippen LogP contribution in [0.15, 0.2) is 65.8 Å². The average Bonchev–Trinajstić information content (AvgIpc) is 3.39. The molecule has 2 atom stereocenters. The van der Waals surface area contributed by atoms with Gasteiger partial charge in [-0.05, 0) is 90.6 Å². The first kappa shape index (κ1) is 28.5. The maximum atomic E-state index is 13.7. The van der Waals surface area contributed by atoms with Gasteiger partial charge in [-0.15, -0.1) is 23.4 Å². The summed E-state index contributed by atoms with van der Waals surface area (Å²) in [6.07, 6.45) is 8.96. The maximum absolute atomic E-state index is 13.7. The minimum Gasteiger partial charge on any atom is -0.497 e. The summed E-state index contributed by atoms with van der Waals surface area (Å²) >= 11 is 8.32. The van der Waals surface area contributed by atoms with E-state index in [0.717, 1.165) is 72.8 Å². The van der Waals surface area contributed by atoms with Crippen molar-refractivity contribution in [2.75, 3.05) is 44.7 Å². The van der Waals surface area contributed by atoms with Crippen molar-refractivity contribution in [3.63, 3.8) is 0 Å². The Morgan fingerprint density at radius 1 is 0.907 bits per heavy atom. The van der Waals surface area contributed by atoms with Crippen molar-refractivity contribution >= 4 is 40.9 Å². The van der Waals surface area contributed by atoms with Crippen molar-refractivity contribution in [2.24, 2.45) is 5.41 Å². The number of thioether (sulfide) groups is 1. The van der Waals surface area contributed by atoms with E-state index in [0.29, 0.717) is 18.5 Å². The molecule has 2 unspecified atom stereocenters. The predicted molar refractivity (Wildman–Crippen MR) is 170 cm³/mol. The molecule has 5 heterocycles. The second-order valence-corrected chi connectivity index (χ2v) is 14.0. The van der Waals surface area contributed by atoms with Crippen molar-refractivity contribution in [1.82, 2.24) is 14.8 Å². The predicted octanol–water partition coefficient (Wildman–Crippen LogP) is 5.95. The molecule has 4 aliphatic rings. The molecule has 2 amide bonds. The fourth-order valence-electron chi connectivity index (χ4n) is 7.23. The number of alkyl halides is 1. The van der Waals surface area contributed by atoms with Crippen LogP contribution >= 0.6 is 23.4 Å². The zero-order valence-electron chi connectivity index (χ0n) is 24.5. The van der Waals surface area contributed by atoms with Gasteiger partial charge in [-0.3, -0.25) is 14.6 Å². The van der Waals surface area contributed by atoms with E-state index < -0.39 is 0 Å². The lowest BCUT2D eigenvalue weighted by molar-refractivity contribution is -0.131. The molecule has 1 aromatic heterocycles. The lowest BCUT2D eigenvalue weighted by atomic mass is 9.71. The van der Waals surface area contributed by atoms with Gasteiger partial charge in [-0.2, -0.15) is 0 Å². The number of ether oxygens (including phenoxy) is 1. The molecule has 7 rings (SSSR count). The average molecular weight is 617 g/mol. The summed E-state index contributed by atoms with van der Waals surface area (Å²) < 4.78 is 5.36. The number of nitrogens with zero attached hydrogens (tertiary/aromatic N) is 4. The zero-order chi connectivity index (χ0) is 29.6. The minimum absolute atomic E-state index is 0.0545. The van der Waals surface area contributed by atoms with Gasteiger partial charge in [-0.25, -0.2) is 0 Å². The van der Waals surface area contributed by atoms with Gasteiger partial charge in [0, 0.05) is 67.8 Å². The second kappa shape index (κ2) is 11.7. The first-order valence-corrected chi connectivity index (χ1v) is 16.6. The fraction of sp³-hybridized carbons (Fsp3) is 0.441. The SMILES string of the molecule is COc1ccc2c(c1)SC(C(=O)N1CCc3ccc(C(=O)N4CCC5(CC4)CCN(c4ccncc4)CC5)cc3C1)C2Cl. The van der Waals surface area contributed by atoms with Gasteiger partial charge >= 0.3 is 0 Å². The van der Waals surface area contributed by atoms with Gasteiger partial charge in [0.2, 0.25) is 5.91 Å². The van der Waals surface area contributed by atoms with Gasteiger partial charge in [-0.1, -0.05) is 12.1 Å². The summed E-state index contributed by atoms with van der Waals surface area (Å²) in [5, 5.41) is -0.745. The number of methoxy groups -OCH3 is 1. The van der Waals surface area contributed by atoms with Gasteiger partial charge < -0.3 is 19.4 Å². The first-order valence-electron chi connectivity index (χ1n) is 15.3. The molecule has 4 aliphatic heterocycles. The van der Waals surface area contributed by atoms with E-state index >= 15 is 0 Å². The number of hydrogen-bond donors (Lipinski definition) is 0. The van der Waals surface area contributed by atoms with E-state index in [1.807, 2.05) is 52.5 Å². The highest BCUT2D eigenvalue weighted by Gasteiger charge is 2.41. The Morgan fingerprint density at radius 2 is 1.65 bits per heavy atom. The normalized spacial score (nSPS) is 22.7. The van der Waals surface area contributed by atoms with Gasteiger partial charge in [0.05, 0.1) is 12.5 Å². The van der Waals surface area contributed by atoms with Gasteiger partial charge in [0.15, 0.2) is 0 Å². The fourth-order valence-corrected chi connectivity index (χ4v) is 9.05.